The molecule has 0 aliphatic heterocycles. The Hall–Kier alpha value is -0.340. The molecule has 0 amide bonds. The van der Waals surface area contributed by atoms with Gasteiger partial charge in [-0.3, -0.25) is 0 Å². The molecule has 0 saturated heterocycles. The minimum atomic E-state index is 0.426. The van der Waals surface area contributed by atoms with E-state index in [4.69, 9.17) is 23.2 Å². The van der Waals surface area contributed by atoms with Crippen molar-refractivity contribution in [2.45, 2.75) is 38.5 Å². The number of hydrogen-bond donors (Lipinski definition) is 0. The van der Waals surface area contributed by atoms with Crippen LogP contribution in [-0.4, -0.2) is 9.97 Å². The summed E-state index contributed by atoms with van der Waals surface area (Å²) in [6, 6.07) is 1.58. The van der Waals surface area contributed by atoms with E-state index in [0.29, 0.717) is 22.1 Å². The molecule has 1 aromatic heterocycles. The highest BCUT2D eigenvalue weighted by atomic mass is 35.5. The van der Waals surface area contributed by atoms with E-state index in [-0.39, 0.29) is 0 Å². The molecule has 2 nitrogen and oxygen atoms in total. The predicted molar refractivity (Wildman–Crippen MR) is 62.4 cm³/mol. The van der Waals surface area contributed by atoms with Crippen molar-refractivity contribution in [3.63, 3.8) is 0 Å². The van der Waals surface area contributed by atoms with E-state index in [1.165, 1.54) is 19.3 Å². The Morgan fingerprint density at radius 3 is 2.33 bits per heavy atom. The average Bonchev–Trinajstić information content (AvgIpc) is 2.16. The van der Waals surface area contributed by atoms with Gasteiger partial charge in [0.1, 0.15) is 16.1 Å². The largest absolute Gasteiger partial charge is 0.221 e. The zero-order valence-corrected chi connectivity index (χ0v) is 10.2. The summed E-state index contributed by atoms with van der Waals surface area (Å²) in [5.74, 6) is 1.88. The molecule has 1 aromatic rings. The van der Waals surface area contributed by atoms with E-state index < -0.39 is 0 Å². The summed E-state index contributed by atoms with van der Waals surface area (Å²) < 4.78 is 0. The Bertz CT molecular complexity index is 334. The molecule has 2 atom stereocenters. The molecule has 0 spiro atoms. The maximum atomic E-state index is 5.88. The van der Waals surface area contributed by atoms with Crippen LogP contribution in [0.25, 0.3) is 0 Å². The van der Waals surface area contributed by atoms with Gasteiger partial charge in [0.05, 0.1) is 0 Å². The third kappa shape index (κ3) is 2.61. The van der Waals surface area contributed by atoms with Gasteiger partial charge in [-0.1, -0.05) is 49.4 Å². The number of nitrogens with zero attached hydrogens (tertiary/aromatic N) is 2. The molecule has 2 unspecified atom stereocenters. The Kier molecular flexibility index (Phi) is 3.47. The van der Waals surface area contributed by atoms with Crippen molar-refractivity contribution in [1.82, 2.24) is 9.97 Å². The van der Waals surface area contributed by atoms with Gasteiger partial charge < -0.3 is 0 Å². The molecule has 82 valence electrons. The maximum Gasteiger partial charge on any atom is 0.135 e. The van der Waals surface area contributed by atoms with Gasteiger partial charge in [-0.05, 0) is 12.3 Å². The molecular formula is C11H14Cl2N2. The molecule has 1 fully saturated rings. The van der Waals surface area contributed by atoms with Gasteiger partial charge in [0, 0.05) is 12.0 Å². The summed E-state index contributed by atoms with van der Waals surface area (Å²) >= 11 is 11.8. The van der Waals surface area contributed by atoms with Gasteiger partial charge in [-0.15, -0.1) is 0 Å². The lowest BCUT2D eigenvalue weighted by Crippen LogP contribution is -2.17. The van der Waals surface area contributed by atoms with Crippen LogP contribution in [0.3, 0.4) is 0 Å². The van der Waals surface area contributed by atoms with Crippen molar-refractivity contribution in [1.29, 1.82) is 0 Å². The van der Waals surface area contributed by atoms with Gasteiger partial charge in [0.25, 0.3) is 0 Å². The zero-order valence-electron chi connectivity index (χ0n) is 8.71. The molecule has 2 rings (SSSR count). The summed E-state index contributed by atoms with van der Waals surface area (Å²) in [6.45, 7) is 2.25. The van der Waals surface area contributed by atoms with Crippen LogP contribution in [0.2, 0.25) is 10.3 Å². The van der Waals surface area contributed by atoms with Crippen molar-refractivity contribution >= 4 is 23.2 Å². The first-order valence-corrected chi connectivity index (χ1v) is 6.12. The molecule has 0 aromatic carbocycles. The molecule has 4 heteroatoms. The Balaban J connectivity index is 2.27. The van der Waals surface area contributed by atoms with Gasteiger partial charge >= 0.3 is 0 Å². The second-order valence-corrected chi connectivity index (χ2v) is 5.01. The lowest BCUT2D eigenvalue weighted by Gasteiger charge is -2.27. The third-order valence-corrected chi connectivity index (χ3v) is 3.51. The minimum Gasteiger partial charge on any atom is -0.221 e. The van der Waals surface area contributed by atoms with E-state index in [1.807, 2.05) is 0 Å². The van der Waals surface area contributed by atoms with Crippen LogP contribution in [-0.2, 0) is 0 Å². The smallest absolute Gasteiger partial charge is 0.135 e. The van der Waals surface area contributed by atoms with Crippen LogP contribution in [0.5, 0.6) is 0 Å². The predicted octanol–water partition coefficient (Wildman–Crippen LogP) is 4.08. The maximum absolute atomic E-state index is 5.88. The lowest BCUT2D eigenvalue weighted by molar-refractivity contribution is 0.319. The average molecular weight is 245 g/mol. The van der Waals surface area contributed by atoms with Crippen LogP contribution in [0.4, 0.5) is 0 Å². The molecule has 15 heavy (non-hydrogen) atoms. The molecule has 0 radical (unpaired) electrons. The third-order valence-electron chi connectivity index (χ3n) is 3.12. The van der Waals surface area contributed by atoms with Crippen molar-refractivity contribution in [3.8, 4) is 0 Å². The normalized spacial score (nSPS) is 26.6. The van der Waals surface area contributed by atoms with Crippen LogP contribution < -0.4 is 0 Å². The Morgan fingerprint density at radius 2 is 1.73 bits per heavy atom. The van der Waals surface area contributed by atoms with E-state index in [1.54, 1.807) is 6.07 Å². The van der Waals surface area contributed by atoms with Crippen molar-refractivity contribution in [2.75, 3.05) is 0 Å². The Morgan fingerprint density at radius 1 is 1.13 bits per heavy atom. The Labute approximate surface area is 100 Å². The fourth-order valence-corrected chi connectivity index (χ4v) is 2.71. The van der Waals surface area contributed by atoms with Crippen LogP contribution in [0.1, 0.15) is 44.3 Å². The summed E-state index contributed by atoms with van der Waals surface area (Å²) in [6.07, 6.45) is 4.96. The first-order chi connectivity index (χ1) is 7.16. The highest BCUT2D eigenvalue weighted by molar-refractivity contribution is 6.33. The van der Waals surface area contributed by atoms with E-state index in [0.717, 1.165) is 12.2 Å². The summed E-state index contributed by atoms with van der Waals surface area (Å²) in [7, 11) is 0. The van der Waals surface area contributed by atoms with Crippen LogP contribution in [0.15, 0.2) is 6.07 Å². The number of halogens is 2. The number of hydrogen-bond acceptors (Lipinski definition) is 2. The van der Waals surface area contributed by atoms with Gasteiger partial charge in [-0.25, -0.2) is 9.97 Å². The molecule has 1 aliphatic rings. The summed E-state index contributed by atoms with van der Waals surface area (Å²) in [4.78, 5) is 8.56. The zero-order chi connectivity index (χ0) is 10.8. The van der Waals surface area contributed by atoms with E-state index >= 15 is 0 Å². The molecule has 1 heterocycles. The lowest BCUT2D eigenvalue weighted by atomic mass is 9.80. The second kappa shape index (κ2) is 4.67. The van der Waals surface area contributed by atoms with Crippen LogP contribution >= 0.6 is 23.2 Å². The topological polar surface area (TPSA) is 25.8 Å². The quantitative estimate of drug-likeness (QED) is 0.697. The molecule has 0 N–H and O–H groups in total. The first kappa shape index (κ1) is 11.2. The fraction of sp³-hybridized carbons (Fsp3) is 0.636. The van der Waals surface area contributed by atoms with Crippen molar-refractivity contribution in [2.24, 2.45) is 5.92 Å². The highest BCUT2D eigenvalue weighted by Gasteiger charge is 2.25. The molecule has 1 aliphatic carbocycles. The van der Waals surface area contributed by atoms with Crippen molar-refractivity contribution < 1.29 is 0 Å². The molecule has 0 bridgehead atoms. The summed E-state index contributed by atoms with van der Waals surface area (Å²) in [5.41, 5.74) is 0. The molecule has 1 saturated carbocycles. The van der Waals surface area contributed by atoms with Gasteiger partial charge in [0.15, 0.2) is 0 Å². The van der Waals surface area contributed by atoms with Gasteiger partial charge in [-0.2, -0.15) is 0 Å². The first-order valence-electron chi connectivity index (χ1n) is 5.37. The minimum absolute atomic E-state index is 0.426. The number of aromatic nitrogens is 2. The standard InChI is InChI=1S/C11H14Cl2N2/c1-7-4-2-3-5-8(7)11-14-9(12)6-10(13)15-11/h6-8H,2-5H2,1H3. The van der Waals surface area contributed by atoms with E-state index in [2.05, 4.69) is 16.9 Å². The SMILES string of the molecule is CC1CCCCC1c1nc(Cl)cc(Cl)n1. The monoisotopic (exact) mass is 244 g/mol. The van der Waals surface area contributed by atoms with Crippen molar-refractivity contribution in [3.05, 3.63) is 22.2 Å². The fourth-order valence-electron chi connectivity index (χ4n) is 2.27. The number of rotatable bonds is 1. The molecular weight excluding hydrogens is 231 g/mol. The highest BCUT2D eigenvalue weighted by Crippen LogP contribution is 2.36. The van der Waals surface area contributed by atoms with E-state index in [9.17, 15) is 0 Å². The summed E-state index contributed by atoms with van der Waals surface area (Å²) in [5, 5.41) is 0.894. The van der Waals surface area contributed by atoms with Gasteiger partial charge in [0.2, 0.25) is 0 Å². The van der Waals surface area contributed by atoms with Crippen LogP contribution in [0, 0.1) is 5.92 Å². The second-order valence-electron chi connectivity index (χ2n) is 4.24.